The summed E-state index contributed by atoms with van der Waals surface area (Å²) in [6.45, 7) is 3.01. The highest BCUT2D eigenvalue weighted by atomic mass is 16.5. The monoisotopic (exact) mass is 205 g/mol. The number of rotatable bonds is 2. The molecule has 2 rings (SSSR count). The van der Waals surface area contributed by atoms with Crippen LogP contribution in [0.1, 0.15) is 42.7 Å². The number of hydrogen-bond acceptors (Lipinski definition) is 2. The molecule has 0 fully saturated rings. The van der Waals surface area contributed by atoms with Crippen molar-refractivity contribution in [2.24, 2.45) is 5.73 Å². The number of ether oxygens (including phenoxy) is 1. The topological polar surface area (TPSA) is 35.2 Å². The lowest BCUT2D eigenvalue weighted by Crippen LogP contribution is -2.20. The van der Waals surface area contributed by atoms with Gasteiger partial charge in [-0.2, -0.15) is 0 Å². The summed E-state index contributed by atoms with van der Waals surface area (Å²) in [5.74, 6) is 2.14. The van der Waals surface area contributed by atoms with Gasteiger partial charge in [0.1, 0.15) is 5.75 Å². The molecule has 82 valence electrons. The summed E-state index contributed by atoms with van der Waals surface area (Å²) >= 11 is 0. The summed E-state index contributed by atoms with van der Waals surface area (Å²) in [6, 6.07) is 6.32. The van der Waals surface area contributed by atoms with E-state index in [-0.39, 0.29) is 0 Å². The molecule has 15 heavy (non-hydrogen) atoms. The van der Waals surface area contributed by atoms with Crippen LogP contribution in [0, 0.1) is 0 Å². The first-order chi connectivity index (χ1) is 7.27. The second-order valence-electron chi connectivity index (χ2n) is 4.37. The van der Waals surface area contributed by atoms with Gasteiger partial charge in [-0.25, -0.2) is 0 Å². The first kappa shape index (κ1) is 10.5. The summed E-state index contributed by atoms with van der Waals surface area (Å²) in [7, 11) is 1.74. The van der Waals surface area contributed by atoms with Crippen LogP contribution in [0.25, 0.3) is 0 Å². The zero-order valence-electron chi connectivity index (χ0n) is 9.49. The number of fused-ring (bicyclic) bond motifs is 1. The molecule has 1 aromatic carbocycles. The molecule has 2 unspecified atom stereocenters. The molecule has 1 aliphatic carbocycles. The Hall–Kier alpha value is -1.02. The average Bonchev–Trinajstić information content (AvgIpc) is 2.29. The number of hydrogen-bond donors (Lipinski definition) is 1. The van der Waals surface area contributed by atoms with Gasteiger partial charge in [-0.05, 0) is 42.9 Å². The van der Waals surface area contributed by atoms with Crippen molar-refractivity contribution >= 4 is 0 Å². The fraction of sp³-hybridized carbons (Fsp3) is 0.538. The Kier molecular flexibility index (Phi) is 2.96. The summed E-state index contributed by atoms with van der Waals surface area (Å²) in [5, 5.41) is 0. The van der Waals surface area contributed by atoms with Crippen molar-refractivity contribution in [3.8, 4) is 5.75 Å². The highest BCUT2D eigenvalue weighted by Crippen LogP contribution is 2.42. The highest BCUT2D eigenvalue weighted by molar-refractivity contribution is 5.46. The molecular weight excluding hydrogens is 186 g/mol. The summed E-state index contributed by atoms with van der Waals surface area (Å²) in [4.78, 5) is 0. The molecule has 1 aromatic rings. The van der Waals surface area contributed by atoms with Gasteiger partial charge in [0.15, 0.2) is 0 Å². The van der Waals surface area contributed by atoms with Gasteiger partial charge >= 0.3 is 0 Å². The maximum absolute atomic E-state index is 5.81. The third kappa shape index (κ3) is 1.74. The SMILES string of the molecule is COc1cccc2c1C(C)CCC2CN. The van der Waals surface area contributed by atoms with Gasteiger partial charge in [0.05, 0.1) is 7.11 Å². The molecule has 0 aromatic heterocycles. The zero-order valence-corrected chi connectivity index (χ0v) is 9.49. The van der Waals surface area contributed by atoms with Crippen LogP contribution >= 0.6 is 0 Å². The first-order valence-electron chi connectivity index (χ1n) is 5.64. The van der Waals surface area contributed by atoms with Gasteiger partial charge in [0.25, 0.3) is 0 Å². The van der Waals surface area contributed by atoms with E-state index in [0.717, 1.165) is 12.3 Å². The Balaban J connectivity index is 2.50. The molecule has 0 aliphatic heterocycles. The first-order valence-corrected chi connectivity index (χ1v) is 5.64. The number of nitrogens with two attached hydrogens (primary N) is 1. The molecule has 0 saturated heterocycles. The van der Waals surface area contributed by atoms with Crippen LogP contribution in [-0.2, 0) is 0 Å². The predicted octanol–water partition coefficient (Wildman–Crippen LogP) is 2.63. The van der Waals surface area contributed by atoms with Gasteiger partial charge in [-0.15, -0.1) is 0 Å². The normalized spacial score (nSPS) is 24.7. The van der Waals surface area contributed by atoms with Crippen LogP contribution in [0.2, 0.25) is 0 Å². The molecule has 0 bridgehead atoms. The van der Waals surface area contributed by atoms with Crippen molar-refractivity contribution in [2.45, 2.75) is 31.6 Å². The lowest BCUT2D eigenvalue weighted by molar-refractivity contribution is 0.395. The molecule has 0 saturated carbocycles. The van der Waals surface area contributed by atoms with Crippen LogP contribution in [-0.4, -0.2) is 13.7 Å². The fourth-order valence-electron chi connectivity index (χ4n) is 2.62. The molecule has 0 amide bonds. The Morgan fingerprint density at radius 3 is 2.87 bits per heavy atom. The summed E-state index contributed by atoms with van der Waals surface area (Å²) in [6.07, 6.45) is 2.42. The maximum Gasteiger partial charge on any atom is 0.122 e. The van der Waals surface area contributed by atoms with E-state index in [1.807, 2.05) is 6.07 Å². The Labute approximate surface area is 91.4 Å². The van der Waals surface area contributed by atoms with E-state index in [9.17, 15) is 0 Å². The van der Waals surface area contributed by atoms with E-state index < -0.39 is 0 Å². The third-order valence-electron chi connectivity index (χ3n) is 3.49. The predicted molar refractivity (Wildman–Crippen MR) is 62.4 cm³/mol. The molecule has 0 radical (unpaired) electrons. The van der Waals surface area contributed by atoms with Crippen LogP contribution in [0.5, 0.6) is 5.75 Å². The summed E-state index contributed by atoms with van der Waals surface area (Å²) < 4.78 is 5.44. The smallest absolute Gasteiger partial charge is 0.122 e. The van der Waals surface area contributed by atoms with Gasteiger partial charge in [0, 0.05) is 5.56 Å². The quantitative estimate of drug-likeness (QED) is 0.805. The molecule has 2 heteroatoms. The van der Waals surface area contributed by atoms with E-state index in [1.54, 1.807) is 7.11 Å². The largest absolute Gasteiger partial charge is 0.496 e. The molecule has 0 heterocycles. The molecular formula is C13H19NO. The van der Waals surface area contributed by atoms with Crippen LogP contribution in [0.3, 0.4) is 0 Å². The van der Waals surface area contributed by atoms with E-state index in [2.05, 4.69) is 19.1 Å². The Morgan fingerprint density at radius 2 is 2.20 bits per heavy atom. The van der Waals surface area contributed by atoms with Crippen molar-refractivity contribution in [3.63, 3.8) is 0 Å². The standard InChI is InChI=1S/C13H19NO/c1-9-6-7-10(8-14)11-4-3-5-12(15-2)13(9)11/h3-5,9-10H,6-8,14H2,1-2H3. The van der Waals surface area contributed by atoms with Crippen LogP contribution in [0.4, 0.5) is 0 Å². The minimum Gasteiger partial charge on any atom is -0.496 e. The summed E-state index contributed by atoms with van der Waals surface area (Å²) in [5.41, 5.74) is 8.59. The average molecular weight is 205 g/mol. The van der Waals surface area contributed by atoms with Gasteiger partial charge in [0.2, 0.25) is 0 Å². The third-order valence-corrected chi connectivity index (χ3v) is 3.49. The van der Waals surface area contributed by atoms with E-state index in [1.165, 1.54) is 24.0 Å². The van der Waals surface area contributed by atoms with Gasteiger partial charge in [-0.1, -0.05) is 19.1 Å². The second-order valence-corrected chi connectivity index (χ2v) is 4.37. The molecule has 2 N–H and O–H groups in total. The van der Waals surface area contributed by atoms with Gasteiger partial charge in [-0.3, -0.25) is 0 Å². The minimum atomic E-state index is 0.520. The van der Waals surface area contributed by atoms with Crippen LogP contribution in [0.15, 0.2) is 18.2 Å². The molecule has 1 aliphatic rings. The van der Waals surface area contributed by atoms with Crippen molar-refractivity contribution in [1.29, 1.82) is 0 Å². The second kappa shape index (κ2) is 4.23. The van der Waals surface area contributed by atoms with Gasteiger partial charge < -0.3 is 10.5 Å². The maximum atomic E-state index is 5.81. The molecule has 2 nitrogen and oxygen atoms in total. The highest BCUT2D eigenvalue weighted by Gasteiger charge is 2.26. The van der Waals surface area contributed by atoms with Crippen molar-refractivity contribution in [1.82, 2.24) is 0 Å². The van der Waals surface area contributed by atoms with Crippen molar-refractivity contribution < 1.29 is 4.74 Å². The Morgan fingerprint density at radius 1 is 1.40 bits per heavy atom. The number of methoxy groups -OCH3 is 1. The Bertz CT molecular complexity index is 348. The minimum absolute atomic E-state index is 0.520. The molecule has 2 atom stereocenters. The van der Waals surface area contributed by atoms with E-state index >= 15 is 0 Å². The zero-order chi connectivity index (χ0) is 10.8. The number of benzene rings is 1. The van der Waals surface area contributed by atoms with E-state index in [4.69, 9.17) is 10.5 Å². The van der Waals surface area contributed by atoms with E-state index in [0.29, 0.717) is 11.8 Å². The van der Waals surface area contributed by atoms with Crippen molar-refractivity contribution in [3.05, 3.63) is 29.3 Å². The lowest BCUT2D eigenvalue weighted by Gasteiger charge is -2.30. The molecule has 0 spiro atoms. The van der Waals surface area contributed by atoms with Crippen molar-refractivity contribution in [2.75, 3.05) is 13.7 Å². The van der Waals surface area contributed by atoms with Crippen LogP contribution < -0.4 is 10.5 Å². The lowest BCUT2D eigenvalue weighted by atomic mass is 9.77. The fourth-order valence-corrected chi connectivity index (χ4v) is 2.62.